The largest absolute Gasteiger partial charge is 0.433 e. The van der Waals surface area contributed by atoms with Crippen molar-refractivity contribution in [2.45, 2.75) is 24.8 Å². The Morgan fingerprint density at radius 3 is 2.33 bits per heavy atom. The molecule has 0 amide bonds. The number of aromatic nitrogens is 4. The molecule has 1 fully saturated rings. The highest BCUT2D eigenvalue weighted by Gasteiger charge is 2.33. The standard InChI is InChI=1S/C20H16F6N6O/c21-19(22,23)14-3-1-2-13(30-14)18-31-16(9-17(32-18)29-12-5-7-33-10-12)28-11-4-6-27-15(8-11)20(24,25)26/h1-4,6,8-9,12H,5,7,10H2,(H2,27,28,29,31,32). The quantitative estimate of drug-likeness (QED) is 0.513. The van der Waals surface area contributed by atoms with Crippen LogP contribution in [0.25, 0.3) is 11.5 Å². The van der Waals surface area contributed by atoms with Crippen molar-refractivity contribution < 1.29 is 31.1 Å². The van der Waals surface area contributed by atoms with Crippen molar-refractivity contribution in [1.82, 2.24) is 19.9 Å². The fourth-order valence-corrected chi connectivity index (χ4v) is 3.09. The van der Waals surface area contributed by atoms with Crippen LogP contribution in [0.15, 0.2) is 42.6 Å². The number of nitrogens with one attached hydrogen (secondary N) is 2. The highest BCUT2D eigenvalue weighted by atomic mass is 19.4. The smallest absolute Gasteiger partial charge is 0.379 e. The zero-order valence-electron chi connectivity index (χ0n) is 16.7. The van der Waals surface area contributed by atoms with Crippen molar-refractivity contribution >= 4 is 17.3 Å². The van der Waals surface area contributed by atoms with E-state index >= 15 is 0 Å². The molecule has 1 atom stereocenters. The molecule has 0 aromatic carbocycles. The third-order valence-corrected chi connectivity index (χ3v) is 4.60. The van der Waals surface area contributed by atoms with E-state index in [9.17, 15) is 26.3 Å². The molecule has 3 aromatic heterocycles. The average molecular weight is 470 g/mol. The van der Waals surface area contributed by atoms with Gasteiger partial charge in [-0.2, -0.15) is 26.3 Å². The van der Waals surface area contributed by atoms with Gasteiger partial charge in [-0.1, -0.05) is 6.07 Å². The van der Waals surface area contributed by atoms with Crippen LogP contribution >= 0.6 is 0 Å². The number of alkyl halides is 6. The summed E-state index contributed by atoms with van der Waals surface area (Å²) in [6, 6.07) is 6.74. The zero-order chi connectivity index (χ0) is 23.6. The molecule has 1 aliphatic rings. The normalized spacial score (nSPS) is 16.6. The van der Waals surface area contributed by atoms with Gasteiger partial charge in [-0.3, -0.25) is 4.98 Å². The molecule has 1 unspecified atom stereocenters. The molecule has 13 heteroatoms. The Morgan fingerprint density at radius 1 is 0.879 bits per heavy atom. The van der Waals surface area contributed by atoms with Crippen LogP contribution in [0.2, 0.25) is 0 Å². The lowest BCUT2D eigenvalue weighted by molar-refractivity contribution is -0.141. The molecule has 174 valence electrons. The first-order chi connectivity index (χ1) is 15.6. The minimum Gasteiger partial charge on any atom is -0.379 e. The second-order valence-corrected chi connectivity index (χ2v) is 7.13. The maximum atomic E-state index is 13.1. The van der Waals surface area contributed by atoms with Gasteiger partial charge in [0.2, 0.25) is 0 Å². The molecule has 33 heavy (non-hydrogen) atoms. The molecular weight excluding hydrogens is 454 g/mol. The molecule has 0 saturated carbocycles. The molecule has 0 radical (unpaired) electrons. The molecular formula is C20H16F6N6O. The minimum atomic E-state index is -4.67. The number of hydrogen-bond donors (Lipinski definition) is 2. The molecule has 3 aromatic rings. The van der Waals surface area contributed by atoms with E-state index in [1.807, 2.05) is 0 Å². The van der Waals surface area contributed by atoms with Gasteiger partial charge in [-0.15, -0.1) is 0 Å². The predicted molar refractivity (Wildman–Crippen MR) is 106 cm³/mol. The van der Waals surface area contributed by atoms with Gasteiger partial charge in [0, 0.05) is 24.6 Å². The summed E-state index contributed by atoms with van der Waals surface area (Å²) in [6.45, 7) is 0.941. The molecule has 0 bridgehead atoms. The molecule has 0 spiro atoms. The lowest BCUT2D eigenvalue weighted by Gasteiger charge is -2.15. The SMILES string of the molecule is FC(F)(F)c1cc(Nc2cc(NC3CCOC3)nc(-c3cccc(C(F)(F)F)n3)n2)ccn1. The van der Waals surface area contributed by atoms with E-state index in [0.717, 1.165) is 18.3 Å². The minimum absolute atomic E-state index is 0.0362. The highest BCUT2D eigenvalue weighted by molar-refractivity contribution is 5.64. The van der Waals surface area contributed by atoms with Crippen LogP contribution in [0.1, 0.15) is 17.8 Å². The van der Waals surface area contributed by atoms with Crippen LogP contribution in [0.4, 0.5) is 43.7 Å². The van der Waals surface area contributed by atoms with Crippen LogP contribution in [0.5, 0.6) is 0 Å². The van der Waals surface area contributed by atoms with Crippen molar-refractivity contribution in [1.29, 1.82) is 0 Å². The van der Waals surface area contributed by atoms with E-state index in [1.54, 1.807) is 0 Å². The molecule has 2 N–H and O–H groups in total. The van der Waals surface area contributed by atoms with Crippen LogP contribution in [0.3, 0.4) is 0 Å². The van der Waals surface area contributed by atoms with Gasteiger partial charge in [0.1, 0.15) is 28.7 Å². The third-order valence-electron chi connectivity index (χ3n) is 4.60. The predicted octanol–water partition coefficient (Wildman–Crippen LogP) is 4.92. The van der Waals surface area contributed by atoms with Gasteiger partial charge in [-0.05, 0) is 30.7 Å². The van der Waals surface area contributed by atoms with Gasteiger partial charge in [0.15, 0.2) is 5.82 Å². The second kappa shape index (κ2) is 8.81. The van der Waals surface area contributed by atoms with E-state index in [-0.39, 0.29) is 34.9 Å². The molecule has 4 rings (SSSR count). The summed E-state index contributed by atoms with van der Waals surface area (Å²) < 4.78 is 83.5. The van der Waals surface area contributed by atoms with E-state index in [2.05, 4.69) is 30.6 Å². The third kappa shape index (κ3) is 5.66. The summed E-state index contributed by atoms with van der Waals surface area (Å²) in [5.41, 5.74) is -2.34. The summed E-state index contributed by atoms with van der Waals surface area (Å²) in [5.74, 6) is 0.167. The second-order valence-electron chi connectivity index (χ2n) is 7.13. The number of rotatable bonds is 5. The Labute approximate surface area is 183 Å². The van der Waals surface area contributed by atoms with Gasteiger partial charge in [0.05, 0.1) is 12.6 Å². The van der Waals surface area contributed by atoms with E-state index in [0.29, 0.717) is 19.6 Å². The van der Waals surface area contributed by atoms with Crippen molar-refractivity contribution in [3.63, 3.8) is 0 Å². The van der Waals surface area contributed by atoms with Crippen LogP contribution < -0.4 is 10.6 Å². The summed E-state index contributed by atoms with van der Waals surface area (Å²) in [5, 5.41) is 5.82. The van der Waals surface area contributed by atoms with E-state index in [1.165, 1.54) is 24.3 Å². The summed E-state index contributed by atoms with van der Waals surface area (Å²) in [4.78, 5) is 15.3. The molecule has 4 heterocycles. The molecule has 0 aliphatic carbocycles. The Hall–Kier alpha value is -3.48. The maximum Gasteiger partial charge on any atom is 0.433 e. The Balaban J connectivity index is 1.71. The average Bonchev–Trinajstić information content (AvgIpc) is 3.26. The number of nitrogens with zero attached hydrogens (tertiary/aromatic N) is 4. The number of anilines is 3. The first kappa shape index (κ1) is 22.7. The molecule has 1 saturated heterocycles. The van der Waals surface area contributed by atoms with Gasteiger partial charge in [-0.25, -0.2) is 15.0 Å². The summed E-state index contributed by atoms with van der Waals surface area (Å²) >= 11 is 0. The fourth-order valence-electron chi connectivity index (χ4n) is 3.09. The van der Waals surface area contributed by atoms with Crippen molar-refractivity contribution in [2.75, 3.05) is 23.8 Å². The van der Waals surface area contributed by atoms with Gasteiger partial charge in [0.25, 0.3) is 0 Å². The van der Waals surface area contributed by atoms with Crippen LogP contribution in [-0.4, -0.2) is 39.2 Å². The lowest BCUT2D eigenvalue weighted by Crippen LogP contribution is -2.20. The Kier molecular flexibility index (Phi) is 6.06. The first-order valence-electron chi connectivity index (χ1n) is 9.66. The van der Waals surface area contributed by atoms with E-state index in [4.69, 9.17) is 4.74 Å². The molecule has 1 aliphatic heterocycles. The number of ether oxygens (including phenoxy) is 1. The summed E-state index contributed by atoms with van der Waals surface area (Å²) in [7, 11) is 0. The van der Waals surface area contributed by atoms with Crippen LogP contribution in [0, 0.1) is 0 Å². The van der Waals surface area contributed by atoms with Gasteiger partial charge >= 0.3 is 12.4 Å². The van der Waals surface area contributed by atoms with Crippen LogP contribution in [-0.2, 0) is 17.1 Å². The number of halogens is 6. The monoisotopic (exact) mass is 470 g/mol. The van der Waals surface area contributed by atoms with Gasteiger partial charge < -0.3 is 15.4 Å². The maximum absolute atomic E-state index is 13.1. The Bertz CT molecular complexity index is 1130. The number of hydrogen-bond acceptors (Lipinski definition) is 7. The fraction of sp³-hybridized carbons (Fsp3) is 0.300. The lowest BCUT2D eigenvalue weighted by atomic mass is 10.2. The van der Waals surface area contributed by atoms with Crippen molar-refractivity contribution in [3.05, 3.63) is 54.0 Å². The van der Waals surface area contributed by atoms with E-state index < -0.39 is 23.7 Å². The molecule has 7 nitrogen and oxygen atoms in total. The topological polar surface area (TPSA) is 84.9 Å². The number of pyridine rings is 2. The summed E-state index contributed by atoms with van der Waals surface area (Å²) in [6.07, 6.45) is -7.65. The zero-order valence-corrected chi connectivity index (χ0v) is 16.7. The van der Waals surface area contributed by atoms with Crippen molar-refractivity contribution in [3.8, 4) is 11.5 Å². The van der Waals surface area contributed by atoms with Crippen molar-refractivity contribution in [2.24, 2.45) is 0 Å². The highest BCUT2D eigenvalue weighted by Crippen LogP contribution is 2.31. The first-order valence-corrected chi connectivity index (χ1v) is 9.66. The Morgan fingerprint density at radius 2 is 1.64 bits per heavy atom.